The number of nitrogens with one attached hydrogen (secondary N) is 1. The van der Waals surface area contributed by atoms with Crippen molar-refractivity contribution in [3.63, 3.8) is 0 Å². The van der Waals surface area contributed by atoms with Crippen LogP contribution in [-0.4, -0.2) is 27.0 Å². The summed E-state index contributed by atoms with van der Waals surface area (Å²) in [6.45, 7) is 6.81. The minimum atomic E-state index is -0.492. The molecule has 106 valence electrons. The Morgan fingerprint density at radius 1 is 1.37 bits per heavy atom. The van der Waals surface area contributed by atoms with Crippen molar-refractivity contribution < 1.29 is 5.11 Å². The van der Waals surface area contributed by atoms with Gasteiger partial charge in [-0.15, -0.1) is 0 Å². The molecule has 0 aliphatic rings. The molecule has 2 rings (SSSR count). The van der Waals surface area contributed by atoms with Crippen LogP contribution in [0.25, 0.3) is 10.9 Å². The summed E-state index contributed by atoms with van der Waals surface area (Å²) in [7, 11) is 1.92. The number of benzene rings is 1. The van der Waals surface area contributed by atoms with E-state index in [2.05, 4.69) is 31.2 Å². The molecule has 0 fully saturated rings. The van der Waals surface area contributed by atoms with E-state index in [1.807, 2.05) is 36.1 Å². The summed E-state index contributed by atoms with van der Waals surface area (Å²) in [4.78, 5) is 0. The second kappa shape index (κ2) is 5.94. The van der Waals surface area contributed by atoms with Gasteiger partial charge in [0.25, 0.3) is 0 Å². The van der Waals surface area contributed by atoms with E-state index >= 15 is 0 Å². The van der Waals surface area contributed by atoms with Crippen LogP contribution in [0.1, 0.15) is 32.4 Å². The van der Waals surface area contributed by atoms with Crippen molar-refractivity contribution in [3.05, 3.63) is 30.0 Å². The van der Waals surface area contributed by atoms with E-state index in [1.165, 1.54) is 0 Å². The fourth-order valence-electron chi connectivity index (χ4n) is 1.91. The van der Waals surface area contributed by atoms with Gasteiger partial charge in [-0.1, -0.05) is 6.07 Å². The van der Waals surface area contributed by atoms with Gasteiger partial charge in [0, 0.05) is 24.5 Å². The molecule has 0 amide bonds. The van der Waals surface area contributed by atoms with Crippen LogP contribution in [-0.2, 0) is 7.05 Å². The smallest absolute Gasteiger partial charge is 0.0914 e. The van der Waals surface area contributed by atoms with E-state index in [4.69, 9.17) is 0 Å². The van der Waals surface area contributed by atoms with E-state index in [9.17, 15) is 5.11 Å². The van der Waals surface area contributed by atoms with Crippen LogP contribution in [0.2, 0.25) is 0 Å². The summed E-state index contributed by atoms with van der Waals surface area (Å²) in [6, 6.07) is 5.95. The van der Waals surface area contributed by atoms with E-state index in [-0.39, 0.29) is 19.0 Å². The molecule has 0 saturated heterocycles. The molecule has 0 radical (unpaired) electrons. The number of aryl methyl sites for hydroxylation is 1. The standard InChI is InChI=1S/C14H21N3O.H2S/c1-14(2,3)15-9-13(18)10-5-6-12-11(7-10)8-16-17(12)4;/h5-8,13,15,18H,9H2,1-4H3;1H2/t13-;/m1./s1. The molecule has 19 heavy (non-hydrogen) atoms. The number of aromatic nitrogens is 2. The van der Waals surface area contributed by atoms with Crippen molar-refractivity contribution in [2.75, 3.05) is 6.54 Å². The van der Waals surface area contributed by atoms with Crippen molar-refractivity contribution in [2.24, 2.45) is 7.05 Å². The lowest BCUT2D eigenvalue weighted by Crippen LogP contribution is -2.38. The number of hydrogen-bond acceptors (Lipinski definition) is 3. The van der Waals surface area contributed by atoms with Gasteiger partial charge < -0.3 is 10.4 Å². The molecule has 2 N–H and O–H groups in total. The third kappa shape index (κ3) is 3.96. The Bertz CT molecular complexity index is 545. The maximum Gasteiger partial charge on any atom is 0.0914 e. The van der Waals surface area contributed by atoms with Crippen LogP contribution in [0, 0.1) is 0 Å². The Labute approximate surface area is 121 Å². The summed E-state index contributed by atoms with van der Waals surface area (Å²) in [6.07, 6.45) is 1.33. The predicted octanol–water partition coefficient (Wildman–Crippen LogP) is 2.11. The van der Waals surface area contributed by atoms with Crippen molar-refractivity contribution in [1.29, 1.82) is 0 Å². The highest BCUT2D eigenvalue weighted by molar-refractivity contribution is 7.59. The average molecular weight is 281 g/mol. The second-order valence-electron chi connectivity index (χ2n) is 5.73. The molecular formula is C14H23N3OS. The largest absolute Gasteiger partial charge is 0.387 e. The summed E-state index contributed by atoms with van der Waals surface area (Å²) in [5.74, 6) is 0. The quantitative estimate of drug-likeness (QED) is 0.906. The maximum absolute atomic E-state index is 10.2. The summed E-state index contributed by atoms with van der Waals surface area (Å²) in [5.41, 5.74) is 2.02. The van der Waals surface area contributed by atoms with E-state index in [0.717, 1.165) is 16.5 Å². The average Bonchev–Trinajstić information content (AvgIpc) is 2.66. The highest BCUT2D eigenvalue weighted by atomic mass is 32.1. The lowest BCUT2D eigenvalue weighted by Gasteiger charge is -2.23. The van der Waals surface area contributed by atoms with Gasteiger partial charge in [-0.25, -0.2) is 0 Å². The molecule has 1 aromatic carbocycles. The van der Waals surface area contributed by atoms with Gasteiger partial charge in [0.2, 0.25) is 0 Å². The third-order valence-electron chi connectivity index (χ3n) is 2.98. The van der Waals surface area contributed by atoms with Crippen LogP contribution in [0.15, 0.2) is 24.4 Å². The SMILES string of the molecule is Cn1ncc2cc([C@H](O)CNC(C)(C)C)ccc21.S. The lowest BCUT2D eigenvalue weighted by molar-refractivity contribution is 0.163. The number of rotatable bonds is 3. The van der Waals surface area contributed by atoms with Crippen molar-refractivity contribution in [1.82, 2.24) is 15.1 Å². The molecule has 0 bridgehead atoms. The molecule has 0 spiro atoms. The van der Waals surface area contributed by atoms with Crippen molar-refractivity contribution in [3.8, 4) is 0 Å². The van der Waals surface area contributed by atoms with Gasteiger partial charge in [0.15, 0.2) is 0 Å². The summed E-state index contributed by atoms with van der Waals surface area (Å²) >= 11 is 0. The van der Waals surface area contributed by atoms with Gasteiger partial charge in [-0.2, -0.15) is 18.6 Å². The van der Waals surface area contributed by atoms with Gasteiger partial charge in [-0.05, 0) is 38.5 Å². The number of hydrogen-bond donors (Lipinski definition) is 2. The number of aliphatic hydroxyl groups excluding tert-OH is 1. The summed E-state index contributed by atoms with van der Waals surface area (Å²) < 4.78 is 1.83. The lowest BCUT2D eigenvalue weighted by atomic mass is 10.0. The Balaban J connectivity index is 0.00000180. The highest BCUT2D eigenvalue weighted by Crippen LogP contribution is 2.20. The second-order valence-corrected chi connectivity index (χ2v) is 5.73. The van der Waals surface area contributed by atoms with Crippen molar-refractivity contribution in [2.45, 2.75) is 32.4 Å². The molecule has 1 heterocycles. The molecule has 0 aliphatic carbocycles. The first kappa shape index (κ1) is 16.0. The van der Waals surface area contributed by atoms with Gasteiger partial charge in [0.1, 0.15) is 0 Å². The van der Waals surface area contributed by atoms with Crippen LogP contribution < -0.4 is 5.32 Å². The zero-order chi connectivity index (χ0) is 13.3. The molecule has 0 aliphatic heterocycles. The first-order chi connectivity index (χ1) is 8.37. The minimum absolute atomic E-state index is 0. The molecule has 1 aromatic heterocycles. The third-order valence-corrected chi connectivity index (χ3v) is 2.98. The first-order valence-electron chi connectivity index (χ1n) is 6.21. The fourth-order valence-corrected chi connectivity index (χ4v) is 1.91. The van der Waals surface area contributed by atoms with Gasteiger partial charge >= 0.3 is 0 Å². The Morgan fingerprint density at radius 3 is 2.68 bits per heavy atom. The van der Waals surface area contributed by atoms with Crippen LogP contribution in [0.3, 0.4) is 0 Å². The normalized spacial score (nSPS) is 13.3. The molecule has 4 nitrogen and oxygen atoms in total. The Morgan fingerprint density at radius 2 is 2.05 bits per heavy atom. The molecule has 0 saturated carbocycles. The fraction of sp³-hybridized carbons (Fsp3) is 0.500. The predicted molar refractivity (Wildman–Crippen MR) is 83.8 cm³/mol. The van der Waals surface area contributed by atoms with Crippen LogP contribution in [0.4, 0.5) is 0 Å². The van der Waals surface area contributed by atoms with Gasteiger partial charge in [0.05, 0.1) is 17.8 Å². The summed E-state index contributed by atoms with van der Waals surface area (Å²) in [5, 5.41) is 18.7. The molecule has 0 unspecified atom stereocenters. The van der Waals surface area contributed by atoms with E-state index < -0.39 is 6.10 Å². The topological polar surface area (TPSA) is 50.1 Å². The van der Waals surface area contributed by atoms with Gasteiger partial charge in [-0.3, -0.25) is 4.68 Å². The molecular weight excluding hydrogens is 258 g/mol. The van der Waals surface area contributed by atoms with E-state index in [0.29, 0.717) is 6.54 Å². The zero-order valence-corrected chi connectivity index (χ0v) is 12.9. The molecule has 1 atom stereocenters. The highest BCUT2D eigenvalue weighted by Gasteiger charge is 2.14. The number of β-amino-alcohol motifs (C(OH)–C–C–N with tert-alkyl or cyclic N) is 1. The van der Waals surface area contributed by atoms with Crippen LogP contribution >= 0.6 is 13.5 Å². The number of fused-ring (bicyclic) bond motifs is 1. The first-order valence-corrected chi connectivity index (χ1v) is 6.21. The maximum atomic E-state index is 10.2. The van der Waals surface area contributed by atoms with Crippen LogP contribution in [0.5, 0.6) is 0 Å². The molecule has 5 heteroatoms. The monoisotopic (exact) mass is 281 g/mol. The van der Waals surface area contributed by atoms with E-state index in [1.54, 1.807) is 0 Å². The van der Waals surface area contributed by atoms with Crippen molar-refractivity contribution >= 4 is 24.4 Å². The number of aliphatic hydroxyl groups is 1. The zero-order valence-electron chi connectivity index (χ0n) is 11.9. The number of nitrogens with zero attached hydrogens (tertiary/aromatic N) is 2. The Hall–Kier alpha value is -1.04. The minimum Gasteiger partial charge on any atom is -0.387 e. The Kier molecular flexibility index (Phi) is 5.01. The molecule has 2 aromatic rings.